The van der Waals surface area contributed by atoms with Gasteiger partial charge in [-0.1, -0.05) is 321 Å². The van der Waals surface area contributed by atoms with E-state index in [9.17, 15) is 19.8 Å². The number of unbranched alkanes of at least 4 members (excludes halogenated alkanes) is 49. The summed E-state index contributed by atoms with van der Waals surface area (Å²) in [5.41, 5.74) is 0. The summed E-state index contributed by atoms with van der Waals surface area (Å²) in [6.07, 6.45) is 78.0. The first-order chi connectivity index (χ1) is 36.0. The summed E-state index contributed by atoms with van der Waals surface area (Å²) in [6, 6.07) is -0.640. The predicted octanol–water partition coefficient (Wildman–Crippen LogP) is 21.0. The van der Waals surface area contributed by atoms with Crippen LogP contribution in [0.4, 0.5) is 0 Å². The Labute approximate surface area is 456 Å². The van der Waals surface area contributed by atoms with Crippen molar-refractivity contribution in [2.45, 2.75) is 379 Å². The largest absolute Gasteiger partial charge is 0.466 e. The van der Waals surface area contributed by atoms with Crippen LogP contribution in [-0.2, 0) is 14.3 Å². The predicted molar refractivity (Wildman–Crippen MR) is 320 cm³/mol. The topological polar surface area (TPSA) is 95.9 Å². The molecule has 0 aliphatic rings. The Morgan fingerprint density at radius 3 is 0.973 bits per heavy atom. The van der Waals surface area contributed by atoms with Crippen LogP contribution in [0.2, 0.25) is 0 Å². The van der Waals surface area contributed by atoms with Gasteiger partial charge in [-0.2, -0.15) is 0 Å². The number of aliphatic hydroxyl groups excluding tert-OH is 2. The second-order valence-electron chi connectivity index (χ2n) is 22.8. The van der Waals surface area contributed by atoms with Crippen LogP contribution in [0.15, 0.2) is 24.3 Å². The molecule has 2 unspecified atom stereocenters. The highest BCUT2D eigenvalue weighted by atomic mass is 16.5. The zero-order valence-electron chi connectivity index (χ0n) is 49.4. The minimum atomic E-state index is -0.855. The Hall–Kier alpha value is -1.66. The molecular formula is C67H129NO5. The van der Waals surface area contributed by atoms with Crippen molar-refractivity contribution in [1.29, 1.82) is 0 Å². The molecule has 3 N–H and O–H groups in total. The molecule has 0 saturated heterocycles. The van der Waals surface area contributed by atoms with E-state index in [1.54, 1.807) is 6.08 Å². The first-order valence-corrected chi connectivity index (χ1v) is 33.1. The van der Waals surface area contributed by atoms with E-state index in [1.165, 1.54) is 270 Å². The summed E-state index contributed by atoms with van der Waals surface area (Å²) in [6.45, 7) is 4.91. The maximum Gasteiger partial charge on any atom is 0.305 e. The lowest BCUT2D eigenvalue weighted by Gasteiger charge is -2.20. The molecule has 6 heteroatoms. The number of amides is 1. The molecule has 0 aromatic rings. The quantitative estimate of drug-likeness (QED) is 0.0320. The van der Waals surface area contributed by atoms with Crippen LogP contribution >= 0.6 is 0 Å². The van der Waals surface area contributed by atoms with Crippen molar-refractivity contribution >= 4 is 11.9 Å². The van der Waals surface area contributed by atoms with E-state index in [4.69, 9.17) is 4.74 Å². The van der Waals surface area contributed by atoms with Crippen molar-refractivity contribution in [3.05, 3.63) is 24.3 Å². The van der Waals surface area contributed by atoms with Gasteiger partial charge in [-0.05, 0) is 57.8 Å². The van der Waals surface area contributed by atoms with Gasteiger partial charge in [0, 0.05) is 12.8 Å². The van der Waals surface area contributed by atoms with Gasteiger partial charge in [-0.3, -0.25) is 9.59 Å². The zero-order chi connectivity index (χ0) is 52.9. The SMILES string of the molecule is CCCCCCCCCCCCCCCCCCCCCC/C=C/C(O)C(CO)NC(=O)CCCCCCCCC/C=C\CCCCCCOC(=O)CCCCCCCCCCCCCCCCCCCCC. The van der Waals surface area contributed by atoms with E-state index < -0.39 is 12.1 Å². The van der Waals surface area contributed by atoms with Crippen LogP contribution in [0.5, 0.6) is 0 Å². The van der Waals surface area contributed by atoms with Crippen LogP contribution < -0.4 is 5.32 Å². The van der Waals surface area contributed by atoms with Crippen molar-refractivity contribution in [2.24, 2.45) is 0 Å². The van der Waals surface area contributed by atoms with Crippen molar-refractivity contribution in [1.82, 2.24) is 5.32 Å². The van der Waals surface area contributed by atoms with Crippen molar-refractivity contribution < 1.29 is 24.5 Å². The third-order valence-electron chi connectivity index (χ3n) is 15.5. The summed E-state index contributed by atoms with van der Waals surface area (Å²) < 4.78 is 5.49. The van der Waals surface area contributed by atoms with E-state index in [0.717, 1.165) is 70.6 Å². The van der Waals surface area contributed by atoms with Crippen LogP contribution in [0.3, 0.4) is 0 Å². The number of esters is 1. The Bertz CT molecular complexity index is 1140. The Balaban J connectivity index is 3.47. The van der Waals surface area contributed by atoms with Crippen molar-refractivity contribution in [3.8, 4) is 0 Å². The minimum Gasteiger partial charge on any atom is -0.466 e. The maximum absolute atomic E-state index is 12.5. The van der Waals surface area contributed by atoms with Gasteiger partial charge < -0.3 is 20.3 Å². The number of hydrogen-bond acceptors (Lipinski definition) is 5. The average molecular weight is 1030 g/mol. The van der Waals surface area contributed by atoms with E-state index in [1.807, 2.05) is 6.08 Å². The van der Waals surface area contributed by atoms with Gasteiger partial charge in [0.1, 0.15) is 0 Å². The first-order valence-electron chi connectivity index (χ1n) is 33.1. The lowest BCUT2D eigenvalue weighted by molar-refractivity contribution is -0.143. The molecule has 0 radical (unpaired) electrons. The molecule has 0 aliphatic carbocycles. The number of rotatable bonds is 62. The van der Waals surface area contributed by atoms with Crippen LogP contribution in [0.25, 0.3) is 0 Å². The monoisotopic (exact) mass is 1030 g/mol. The highest BCUT2D eigenvalue weighted by molar-refractivity contribution is 5.76. The second-order valence-corrected chi connectivity index (χ2v) is 22.8. The Morgan fingerprint density at radius 1 is 0.370 bits per heavy atom. The van der Waals surface area contributed by atoms with Crippen molar-refractivity contribution in [3.63, 3.8) is 0 Å². The van der Waals surface area contributed by atoms with E-state index >= 15 is 0 Å². The molecule has 0 heterocycles. The fourth-order valence-corrected chi connectivity index (χ4v) is 10.4. The molecule has 0 fully saturated rings. The summed E-state index contributed by atoms with van der Waals surface area (Å²) in [5.74, 6) is -0.0849. The Kier molecular flexibility index (Phi) is 61.4. The number of carbonyl (C=O) groups excluding carboxylic acids is 2. The molecule has 0 spiro atoms. The van der Waals surface area contributed by atoms with Gasteiger partial charge in [-0.15, -0.1) is 0 Å². The molecule has 1 amide bonds. The van der Waals surface area contributed by atoms with Gasteiger partial charge in [0.05, 0.1) is 25.4 Å². The normalized spacial score (nSPS) is 12.7. The molecule has 0 rings (SSSR count). The molecule has 0 saturated carbocycles. The van der Waals surface area contributed by atoms with Gasteiger partial charge in [0.15, 0.2) is 0 Å². The molecule has 6 nitrogen and oxygen atoms in total. The molecule has 432 valence electrons. The van der Waals surface area contributed by atoms with Gasteiger partial charge >= 0.3 is 5.97 Å². The lowest BCUT2D eigenvalue weighted by atomic mass is 10.0. The Morgan fingerprint density at radius 2 is 0.644 bits per heavy atom. The standard InChI is InChI=1S/C67H129NO5/c1-3-5-7-9-11-13-15-17-19-21-23-24-25-27-28-31-35-39-43-47-51-55-59-65(70)64(63-69)68-66(71)60-56-52-48-44-40-36-32-30-34-38-42-46-50-54-58-62-73-67(72)61-57-53-49-45-41-37-33-29-26-22-20-18-16-14-12-10-8-6-4-2/h34,38,55,59,64-65,69-70H,3-33,35-37,39-54,56-58,60-63H2,1-2H3,(H,68,71)/b38-34-,59-55+. The smallest absolute Gasteiger partial charge is 0.305 e. The van der Waals surface area contributed by atoms with E-state index in [-0.39, 0.29) is 18.5 Å². The lowest BCUT2D eigenvalue weighted by Crippen LogP contribution is -2.45. The fraction of sp³-hybridized carbons (Fsp3) is 0.910. The van der Waals surface area contributed by atoms with Gasteiger partial charge in [-0.25, -0.2) is 0 Å². The van der Waals surface area contributed by atoms with Gasteiger partial charge in [0.25, 0.3) is 0 Å². The molecule has 2 atom stereocenters. The zero-order valence-corrected chi connectivity index (χ0v) is 49.4. The minimum absolute atomic E-state index is 0.00555. The summed E-state index contributed by atoms with van der Waals surface area (Å²) in [7, 11) is 0. The number of hydrogen-bond donors (Lipinski definition) is 3. The molecular weight excluding hydrogens is 899 g/mol. The second kappa shape index (κ2) is 62.9. The fourth-order valence-electron chi connectivity index (χ4n) is 10.4. The molecule has 0 aromatic heterocycles. The highest BCUT2D eigenvalue weighted by Crippen LogP contribution is 2.18. The molecule has 0 bridgehead atoms. The van der Waals surface area contributed by atoms with Crippen LogP contribution in [0.1, 0.15) is 367 Å². The van der Waals surface area contributed by atoms with E-state index in [2.05, 4.69) is 31.3 Å². The summed E-state index contributed by atoms with van der Waals surface area (Å²) >= 11 is 0. The third kappa shape index (κ3) is 59.4. The number of allylic oxidation sites excluding steroid dienone is 3. The van der Waals surface area contributed by atoms with Crippen LogP contribution in [-0.4, -0.2) is 47.4 Å². The number of aliphatic hydroxyl groups is 2. The number of nitrogens with one attached hydrogen (secondary N) is 1. The highest BCUT2D eigenvalue weighted by Gasteiger charge is 2.18. The number of carbonyl (C=O) groups is 2. The van der Waals surface area contributed by atoms with E-state index in [0.29, 0.717) is 19.4 Å². The molecule has 0 aliphatic heterocycles. The van der Waals surface area contributed by atoms with Crippen LogP contribution in [0, 0.1) is 0 Å². The molecule has 0 aromatic carbocycles. The van der Waals surface area contributed by atoms with Crippen molar-refractivity contribution in [2.75, 3.05) is 13.2 Å². The molecule has 73 heavy (non-hydrogen) atoms. The summed E-state index contributed by atoms with van der Waals surface area (Å²) in [4.78, 5) is 24.6. The number of ether oxygens (including phenoxy) is 1. The third-order valence-corrected chi connectivity index (χ3v) is 15.5. The average Bonchev–Trinajstić information content (AvgIpc) is 3.39. The first kappa shape index (κ1) is 71.3. The maximum atomic E-state index is 12.5. The summed E-state index contributed by atoms with van der Waals surface area (Å²) in [5, 5.41) is 23.2. The van der Waals surface area contributed by atoms with Gasteiger partial charge in [0.2, 0.25) is 5.91 Å².